The topological polar surface area (TPSA) is 61.8 Å². The zero-order valence-corrected chi connectivity index (χ0v) is 17.8. The van der Waals surface area contributed by atoms with Gasteiger partial charge < -0.3 is 14.2 Å². The summed E-state index contributed by atoms with van der Waals surface area (Å²) in [4.78, 5) is 24.5. The summed E-state index contributed by atoms with van der Waals surface area (Å²) in [7, 11) is 0. The van der Waals surface area contributed by atoms with Gasteiger partial charge >= 0.3 is 11.9 Å². The molecule has 0 radical (unpaired) electrons. The maximum atomic E-state index is 12.3. The van der Waals surface area contributed by atoms with Crippen LogP contribution in [-0.4, -0.2) is 24.1 Å². The minimum atomic E-state index is -0.471. The largest absolute Gasteiger partial charge is 0.491 e. The highest BCUT2D eigenvalue weighted by molar-refractivity contribution is 5.92. The number of rotatable bonds is 9. The Hall–Kier alpha value is -2.82. The molecule has 0 spiro atoms. The van der Waals surface area contributed by atoms with Crippen molar-refractivity contribution in [1.82, 2.24) is 0 Å². The smallest absolute Gasteiger partial charge is 0.343 e. The van der Waals surface area contributed by atoms with Gasteiger partial charge in [0.25, 0.3) is 0 Å². The molecular formula is C24H30O5. The average Bonchev–Trinajstić information content (AvgIpc) is 2.73. The molecule has 5 heteroatoms. The van der Waals surface area contributed by atoms with E-state index in [0.717, 1.165) is 12.8 Å². The van der Waals surface area contributed by atoms with Crippen molar-refractivity contribution < 1.29 is 23.8 Å². The molecule has 0 amide bonds. The van der Waals surface area contributed by atoms with Crippen molar-refractivity contribution in [3.05, 3.63) is 59.7 Å². The fourth-order valence-corrected chi connectivity index (χ4v) is 2.50. The van der Waals surface area contributed by atoms with E-state index < -0.39 is 5.97 Å². The molecule has 0 aliphatic rings. The van der Waals surface area contributed by atoms with Crippen molar-refractivity contribution in [2.24, 2.45) is 5.92 Å². The van der Waals surface area contributed by atoms with E-state index in [1.54, 1.807) is 48.5 Å². The lowest BCUT2D eigenvalue weighted by molar-refractivity contribution is 0.0213. The molecule has 0 bridgehead atoms. The Morgan fingerprint density at radius 1 is 0.759 bits per heavy atom. The van der Waals surface area contributed by atoms with Gasteiger partial charge in [0.05, 0.1) is 17.2 Å². The third-order valence-corrected chi connectivity index (χ3v) is 5.04. The lowest BCUT2D eigenvalue weighted by Gasteiger charge is -2.18. The summed E-state index contributed by atoms with van der Waals surface area (Å²) in [6.45, 7) is 10.0. The van der Waals surface area contributed by atoms with Crippen LogP contribution >= 0.6 is 0 Å². The van der Waals surface area contributed by atoms with Crippen molar-refractivity contribution >= 4 is 11.9 Å². The van der Waals surface area contributed by atoms with E-state index in [1.807, 2.05) is 27.7 Å². The Labute approximate surface area is 173 Å². The Morgan fingerprint density at radius 2 is 1.28 bits per heavy atom. The van der Waals surface area contributed by atoms with Crippen LogP contribution < -0.4 is 9.47 Å². The molecule has 0 saturated heterocycles. The molecule has 2 rings (SSSR count). The zero-order chi connectivity index (χ0) is 21.4. The highest BCUT2D eigenvalue weighted by Crippen LogP contribution is 2.19. The number of benzene rings is 2. The molecule has 0 saturated carbocycles. The average molecular weight is 398 g/mol. The molecule has 5 nitrogen and oxygen atoms in total. The predicted octanol–water partition coefficient (Wildman–Crippen LogP) is 5.67. The van der Waals surface area contributed by atoms with E-state index >= 15 is 0 Å². The Balaban J connectivity index is 1.95. The summed E-state index contributed by atoms with van der Waals surface area (Å²) in [5.41, 5.74) is 0.846. The van der Waals surface area contributed by atoms with Crippen molar-refractivity contribution in [2.75, 3.05) is 0 Å². The molecule has 0 fully saturated rings. The predicted molar refractivity (Wildman–Crippen MR) is 113 cm³/mol. The maximum absolute atomic E-state index is 12.3. The van der Waals surface area contributed by atoms with E-state index in [-0.39, 0.29) is 18.2 Å². The van der Waals surface area contributed by atoms with Crippen LogP contribution in [0.4, 0.5) is 0 Å². The van der Waals surface area contributed by atoms with Crippen LogP contribution in [0.15, 0.2) is 48.5 Å². The van der Waals surface area contributed by atoms with E-state index in [9.17, 15) is 9.59 Å². The van der Waals surface area contributed by atoms with Crippen molar-refractivity contribution in [3.8, 4) is 11.5 Å². The van der Waals surface area contributed by atoms with Crippen molar-refractivity contribution in [3.63, 3.8) is 0 Å². The monoisotopic (exact) mass is 398 g/mol. The van der Waals surface area contributed by atoms with Gasteiger partial charge in [0.2, 0.25) is 0 Å². The van der Waals surface area contributed by atoms with Gasteiger partial charge in [-0.1, -0.05) is 27.2 Å². The van der Waals surface area contributed by atoms with Crippen LogP contribution in [0, 0.1) is 5.92 Å². The summed E-state index contributed by atoms with van der Waals surface area (Å²) in [6, 6.07) is 13.2. The van der Waals surface area contributed by atoms with Crippen LogP contribution in [0.2, 0.25) is 0 Å². The van der Waals surface area contributed by atoms with Crippen LogP contribution in [0.1, 0.15) is 68.2 Å². The summed E-state index contributed by atoms with van der Waals surface area (Å²) >= 11 is 0. The first kappa shape index (κ1) is 22.5. The number of carbonyl (C=O) groups is 2. The second-order valence-electron chi connectivity index (χ2n) is 7.27. The van der Waals surface area contributed by atoms with Crippen molar-refractivity contribution in [2.45, 2.75) is 59.7 Å². The molecule has 29 heavy (non-hydrogen) atoms. The number of hydrogen-bond acceptors (Lipinski definition) is 5. The third-order valence-electron chi connectivity index (χ3n) is 5.04. The Bertz CT molecular complexity index is 795. The van der Waals surface area contributed by atoms with Gasteiger partial charge in [0.1, 0.15) is 17.6 Å². The lowest BCUT2D eigenvalue weighted by atomic mass is 10.0. The van der Waals surface area contributed by atoms with Gasteiger partial charge in [-0.05, 0) is 74.7 Å². The van der Waals surface area contributed by atoms with Crippen LogP contribution in [0.3, 0.4) is 0 Å². The van der Waals surface area contributed by atoms with Crippen LogP contribution in [0.25, 0.3) is 0 Å². The Morgan fingerprint density at radius 3 is 1.79 bits per heavy atom. The normalized spacial score (nSPS) is 13.8. The minimum Gasteiger partial charge on any atom is -0.491 e. The first-order valence-corrected chi connectivity index (χ1v) is 10.1. The van der Waals surface area contributed by atoms with Gasteiger partial charge in [0, 0.05) is 0 Å². The fourth-order valence-electron chi connectivity index (χ4n) is 2.50. The molecule has 3 atom stereocenters. The standard InChI is InChI=1S/C24H30O5/c1-6-16(3)18(5)28-23(25)19-10-14-22(15-11-19)29-24(26)20-8-12-21(13-9-20)27-17(4)7-2/h8-18H,6-7H2,1-5H3/t16?,17?,18-/m0/s1. The van der Waals surface area contributed by atoms with Crippen LogP contribution in [-0.2, 0) is 4.74 Å². The SMILES string of the molecule is CCC(C)Oc1ccc(C(=O)Oc2ccc(C(=O)O[C@@H](C)C(C)CC)cc2)cc1. The summed E-state index contributed by atoms with van der Waals surface area (Å²) in [5.74, 6) is 0.515. The molecule has 0 N–H and O–H groups in total. The third kappa shape index (κ3) is 6.63. The molecular weight excluding hydrogens is 368 g/mol. The second kappa shape index (κ2) is 10.6. The van der Waals surface area contributed by atoms with E-state index in [0.29, 0.717) is 28.5 Å². The molecule has 2 unspecified atom stereocenters. The van der Waals surface area contributed by atoms with Gasteiger partial charge in [-0.2, -0.15) is 0 Å². The molecule has 156 valence electrons. The maximum Gasteiger partial charge on any atom is 0.343 e. The number of esters is 2. The zero-order valence-electron chi connectivity index (χ0n) is 17.8. The van der Waals surface area contributed by atoms with E-state index in [2.05, 4.69) is 6.92 Å². The number of carbonyl (C=O) groups excluding carboxylic acids is 2. The van der Waals surface area contributed by atoms with Gasteiger partial charge in [-0.15, -0.1) is 0 Å². The number of ether oxygens (including phenoxy) is 3. The molecule has 0 heterocycles. The highest BCUT2D eigenvalue weighted by Gasteiger charge is 2.17. The molecule has 2 aromatic carbocycles. The van der Waals surface area contributed by atoms with Gasteiger partial charge in [-0.25, -0.2) is 9.59 Å². The summed E-state index contributed by atoms with van der Waals surface area (Å²) in [5, 5.41) is 0. The van der Waals surface area contributed by atoms with E-state index in [4.69, 9.17) is 14.2 Å². The molecule has 0 aromatic heterocycles. The molecule has 0 aliphatic carbocycles. The highest BCUT2D eigenvalue weighted by atomic mass is 16.5. The Kier molecular flexibility index (Phi) is 8.25. The van der Waals surface area contributed by atoms with Crippen molar-refractivity contribution in [1.29, 1.82) is 0 Å². The first-order chi connectivity index (χ1) is 13.8. The second-order valence-corrected chi connectivity index (χ2v) is 7.27. The molecule has 2 aromatic rings. The quantitative estimate of drug-likeness (QED) is 0.402. The minimum absolute atomic E-state index is 0.117. The summed E-state index contributed by atoms with van der Waals surface area (Å²) in [6.07, 6.45) is 1.81. The summed E-state index contributed by atoms with van der Waals surface area (Å²) < 4.78 is 16.6. The number of hydrogen-bond donors (Lipinski definition) is 0. The van der Waals surface area contributed by atoms with Gasteiger partial charge in [0.15, 0.2) is 0 Å². The van der Waals surface area contributed by atoms with Crippen LogP contribution in [0.5, 0.6) is 11.5 Å². The van der Waals surface area contributed by atoms with E-state index in [1.165, 1.54) is 0 Å². The fraction of sp³-hybridized carbons (Fsp3) is 0.417. The lowest BCUT2D eigenvalue weighted by Crippen LogP contribution is -2.21. The molecule has 0 aliphatic heterocycles. The first-order valence-electron chi connectivity index (χ1n) is 10.1. The van der Waals surface area contributed by atoms with Gasteiger partial charge in [-0.3, -0.25) is 0 Å².